The molecule has 0 aromatic carbocycles. The maximum absolute atomic E-state index is 14.0. The Bertz CT molecular complexity index is 2920. The van der Waals surface area contributed by atoms with E-state index in [-0.39, 0.29) is 234 Å². The van der Waals surface area contributed by atoms with Crippen molar-refractivity contribution in [3.63, 3.8) is 0 Å². The summed E-state index contributed by atoms with van der Waals surface area (Å²) in [5, 5.41) is 17.3. The highest BCUT2D eigenvalue weighted by molar-refractivity contribution is 7.99. The molecule has 0 spiro atoms. The molecule has 0 aliphatic rings. The van der Waals surface area contributed by atoms with Gasteiger partial charge in [0.2, 0.25) is 29.5 Å². The van der Waals surface area contributed by atoms with E-state index in [0.29, 0.717) is 77.4 Å². The van der Waals surface area contributed by atoms with Crippen molar-refractivity contribution in [2.45, 2.75) is 197 Å². The van der Waals surface area contributed by atoms with Crippen molar-refractivity contribution < 1.29 is 81.6 Å². The van der Waals surface area contributed by atoms with E-state index in [1.807, 2.05) is 4.90 Å². The molecule has 115 heavy (non-hydrogen) atoms. The van der Waals surface area contributed by atoms with Crippen molar-refractivity contribution >= 4 is 130 Å². The summed E-state index contributed by atoms with van der Waals surface area (Å²) < 4.78 is 21.5. The number of carbonyl (C=O) groups is 12. The van der Waals surface area contributed by atoms with Gasteiger partial charge in [-0.1, -0.05) is 0 Å². The molecule has 8 unspecified atom stereocenters. The molecule has 0 heterocycles. The van der Waals surface area contributed by atoms with Crippen molar-refractivity contribution in [3.05, 3.63) is 0 Å². The van der Waals surface area contributed by atoms with Gasteiger partial charge in [-0.05, 0) is 129 Å². The number of primary amides is 2. The topological polar surface area (TPSA) is 792 Å². The summed E-state index contributed by atoms with van der Waals surface area (Å²) in [5.41, 5.74) is 89.1. The number of ether oxygens (including phenoxy) is 4. The second-order valence-electron chi connectivity index (χ2n) is 27.1. The number of aliphatic imine (C=N–C) groups is 6. The maximum atomic E-state index is 14.0. The van der Waals surface area contributed by atoms with Gasteiger partial charge < -0.3 is 137 Å². The molecule has 0 saturated heterocycles. The molecule has 36 N–H and O–H groups in total. The largest absolute Gasteiger partial charge is 0.466 e. The van der Waals surface area contributed by atoms with Gasteiger partial charge in [0.25, 0.3) is 0 Å². The molecule has 0 aliphatic heterocycles. The molecule has 45 heteroatoms. The summed E-state index contributed by atoms with van der Waals surface area (Å²) in [4.78, 5) is 183. The first-order chi connectivity index (χ1) is 54.6. The first kappa shape index (κ1) is 105. The maximum Gasteiger partial charge on any atom is 0.307 e. The van der Waals surface area contributed by atoms with Crippen LogP contribution in [0.5, 0.6) is 0 Å². The number of aliphatic hydroxyl groups is 1. The van der Waals surface area contributed by atoms with Gasteiger partial charge in [-0.3, -0.25) is 87.5 Å². The van der Waals surface area contributed by atoms with Gasteiger partial charge >= 0.3 is 23.9 Å². The predicted octanol–water partition coefficient (Wildman–Crippen LogP) is -5.66. The highest BCUT2D eigenvalue weighted by Crippen LogP contribution is 2.24. The van der Waals surface area contributed by atoms with E-state index in [0.717, 1.165) is 6.42 Å². The molecule has 43 nitrogen and oxygen atoms in total. The molecule has 5 amide bonds. The van der Waals surface area contributed by atoms with Crippen molar-refractivity contribution in [3.8, 4) is 0 Å². The number of aliphatic hydroxyl groups excluding tert-OH is 1. The second-order valence-corrected chi connectivity index (χ2v) is 29.4. The summed E-state index contributed by atoms with van der Waals surface area (Å²) >= 11 is 2.45. The van der Waals surface area contributed by atoms with Gasteiger partial charge in [0.1, 0.15) is 17.9 Å². The number of rotatable bonds is 72. The third-order valence-electron chi connectivity index (χ3n) is 17.2. The number of ketones is 3. The lowest BCUT2D eigenvalue weighted by Crippen LogP contribution is -2.54. The number of guanidine groups is 6. The van der Waals surface area contributed by atoms with Crippen molar-refractivity contribution in [2.75, 3.05) is 115 Å². The summed E-state index contributed by atoms with van der Waals surface area (Å²) in [5.74, 6) is -9.77. The third kappa shape index (κ3) is 58.8. The zero-order chi connectivity index (χ0) is 86.3. The normalized spacial score (nSPS) is 13.0. The minimum absolute atomic E-state index is 0.00120. The number of nitrogens with zero attached hydrogens (tertiary/aromatic N) is 7. The number of amides is 5. The number of hydrogen-bond acceptors (Lipinski definition) is 28. The summed E-state index contributed by atoms with van der Waals surface area (Å²) in [6, 6.07) is -5.56. The number of nitrogens with two attached hydrogens (primary N) is 16. The fourth-order valence-electron chi connectivity index (χ4n) is 10.9. The van der Waals surface area contributed by atoms with Crippen LogP contribution in [-0.2, 0) is 76.5 Å². The fourth-order valence-corrected chi connectivity index (χ4v) is 12.7. The van der Waals surface area contributed by atoms with Crippen molar-refractivity contribution in [1.82, 2.24) is 20.9 Å². The van der Waals surface area contributed by atoms with E-state index in [1.54, 1.807) is 0 Å². The van der Waals surface area contributed by atoms with Crippen molar-refractivity contribution in [1.29, 1.82) is 0 Å². The lowest BCUT2D eigenvalue weighted by molar-refractivity contribution is -0.146. The lowest BCUT2D eigenvalue weighted by Gasteiger charge is -2.24. The molecular weight excluding hydrogens is 1540 g/mol. The molecule has 0 aliphatic carbocycles. The third-order valence-corrected chi connectivity index (χ3v) is 19.4. The van der Waals surface area contributed by atoms with E-state index in [1.165, 1.54) is 23.5 Å². The molecule has 0 rings (SSSR count). The second kappa shape index (κ2) is 65.6. The van der Waals surface area contributed by atoms with Gasteiger partial charge in [0.05, 0.1) is 70.2 Å². The Morgan fingerprint density at radius 2 is 0.678 bits per heavy atom. The number of carbonyl (C=O) groups excluding carboxylic acids is 12. The average molecular weight is 1670 g/mol. The molecule has 0 bridgehead atoms. The van der Waals surface area contributed by atoms with Crippen LogP contribution in [0.25, 0.3) is 0 Å². The first-order valence-corrected chi connectivity index (χ1v) is 41.0. The fraction of sp³-hybridized carbons (Fsp3) is 0.743. The van der Waals surface area contributed by atoms with E-state index >= 15 is 0 Å². The number of unbranched alkanes of at least 4 members (excludes halogenated alkanes) is 4. The number of esters is 4. The van der Waals surface area contributed by atoms with Crippen LogP contribution in [0.4, 0.5) is 0 Å². The highest BCUT2D eigenvalue weighted by atomic mass is 32.2. The molecular formula is C70H132N26O17S2. The van der Waals surface area contributed by atoms with Gasteiger partial charge in [-0.25, -0.2) is 0 Å². The number of nitrogens with one attached hydrogen (secondary N) is 3. The van der Waals surface area contributed by atoms with E-state index in [9.17, 15) is 62.6 Å². The minimum Gasteiger partial charge on any atom is -0.466 e. The minimum atomic E-state index is -1.21. The Morgan fingerprint density at radius 1 is 0.330 bits per heavy atom. The molecule has 0 fully saturated rings. The number of Topliss-reactive ketones (excluding diaryl/α,β-unsaturated/α-hetero) is 3. The van der Waals surface area contributed by atoms with Gasteiger partial charge in [-0.2, -0.15) is 23.5 Å². The first-order valence-electron chi connectivity index (χ1n) is 38.7. The SMILES string of the molecule is NC(=O)C(CCCN=C(N)N)CC(=O)C(CCCN=C(N)N)CC(=O)C(CCCN=C(N)N)NC(=O)C(N)CSCCC(=O)OCCCCOC(=O)CCN(CCCCCO)CCC(=O)OCCCCOC(=O)CCSCC(N)C(=O)CC(CCCN=C(N)N)C(=O)NC(CCCN=C(N)N)C(=O)NC(CCCN=C(N)N)C(N)=O. The van der Waals surface area contributed by atoms with Gasteiger partial charge in [0, 0.05) is 119 Å². The predicted molar refractivity (Wildman–Crippen MR) is 442 cm³/mol. The Hall–Kier alpha value is -9.60. The van der Waals surface area contributed by atoms with Crippen LogP contribution in [0, 0.1) is 17.8 Å². The summed E-state index contributed by atoms with van der Waals surface area (Å²) in [6.45, 7) is 2.39. The lowest BCUT2D eigenvalue weighted by atomic mass is 9.84. The summed E-state index contributed by atoms with van der Waals surface area (Å²) in [6.07, 6.45) is 5.38. The zero-order valence-corrected chi connectivity index (χ0v) is 68.0. The van der Waals surface area contributed by atoms with Crippen molar-refractivity contribution in [2.24, 2.45) is 139 Å². The van der Waals surface area contributed by atoms with Gasteiger partial charge in [-0.15, -0.1) is 0 Å². The van der Waals surface area contributed by atoms with Crippen LogP contribution in [-0.4, -0.2) is 262 Å². The van der Waals surface area contributed by atoms with Crippen LogP contribution in [0.15, 0.2) is 30.0 Å². The number of hydrogen-bond donors (Lipinski definition) is 20. The van der Waals surface area contributed by atoms with Crippen LogP contribution >= 0.6 is 23.5 Å². The molecule has 656 valence electrons. The smallest absolute Gasteiger partial charge is 0.307 e. The average Bonchev–Trinajstić information content (AvgIpc) is 0.871. The Labute approximate surface area is 681 Å². The van der Waals surface area contributed by atoms with Crippen LogP contribution in [0.2, 0.25) is 0 Å². The van der Waals surface area contributed by atoms with E-state index in [4.69, 9.17) is 111 Å². The van der Waals surface area contributed by atoms with Crippen LogP contribution < -0.4 is 108 Å². The quantitative estimate of drug-likeness (QED) is 0.00887. The van der Waals surface area contributed by atoms with Gasteiger partial charge in [0.15, 0.2) is 47.3 Å². The Morgan fingerprint density at radius 3 is 1.09 bits per heavy atom. The van der Waals surface area contributed by atoms with E-state index < -0.39 is 119 Å². The molecule has 8 atom stereocenters. The zero-order valence-electron chi connectivity index (χ0n) is 66.4. The van der Waals surface area contributed by atoms with E-state index in [2.05, 4.69) is 45.9 Å². The number of thioether (sulfide) groups is 2. The highest BCUT2D eigenvalue weighted by Gasteiger charge is 2.33. The Balaban J connectivity index is 5.10. The van der Waals surface area contributed by atoms with Crippen LogP contribution in [0.1, 0.15) is 167 Å². The molecule has 0 saturated carbocycles. The Kier molecular flexibility index (Phi) is 60.2. The van der Waals surface area contributed by atoms with Crippen LogP contribution in [0.3, 0.4) is 0 Å². The molecule has 0 aromatic heterocycles. The standard InChI is InChI=1S/C70H132N26O17S2/c71-48(54(99)42-47(16-10-26-89-67(79)80)62(107)95-52(19-13-29-92-70(85)86)64(109)94-51(61(74)106)18-12-28-91-69(83)84)43-114-38-22-58(103)112-36-6-4-34-110-56(101)20-31-96(30-2-1-3-33-97)32-21-57(102)111-35-5-7-37-113-59(104)23-39-115-44-49(72)63(108)93-50(17-11-27-90-68(81)82)55(100)40-45(14-8-24-87-65(75)76)53(98)41-46(60(73)105)15-9-25-88-66(77)78/h45-52,97H,1-44,71-72H2,(H2,73,105)(H2,74,106)(H,93,108)(H,94,109)(H,95,107)(H4,75,76,87)(H4,77,78,88)(H4,79,80,89)(H4,81,82,90)(H4,83,84,91)(H4,85,86,92). The summed E-state index contributed by atoms with van der Waals surface area (Å²) in [7, 11) is 0. The monoisotopic (exact) mass is 1670 g/mol. The molecule has 0 radical (unpaired) electrons. The molecule has 0 aromatic rings.